The van der Waals surface area contributed by atoms with E-state index in [1.807, 2.05) is 0 Å². The first-order chi connectivity index (χ1) is 12.2. The molecule has 0 saturated carbocycles. The first-order valence-corrected chi connectivity index (χ1v) is 12.4. The van der Waals surface area contributed by atoms with E-state index >= 15 is 0 Å². The van der Waals surface area contributed by atoms with Crippen LogP contribution in [0.1, 0.15) is 66.6 Å². The van der Waals surface area contributed by atoms with E-state index in [1.165, 1.54) is 5.56 Å². The van der Waals surface area contributed by atoms with Crippen molar-refractivity contribution < 1.29 is 9.16 Å². The zero-order chi connectivity index (χ0) is 19.5. The average molecular weight is 378 g/mol. The van der Waals surface area contributed by atoms with E-state index in [1.54, 1.807) is 0 Å². The highest BCUT2D eigenvalue weighted by Crippen LogP contribution is 2.44. The second-order valence-electron chi connectivity index (χ2n) is 8.84. The van der Waals surface area contributed by atoms with Gasteiger partial charge in [-0.25, -0.2) is 0 Å². The van der Waals surface area contributed by atoms with Crippen molar-refractivity contribution in [1.29, 1.82) is 0 Å². The van der Waals surface area contributed by atoms with Crippen LogP contribution in [0.3, 0.4) is 0 Å². The molecule has 26 heavy (non-hydrogen) atoms. The summed E-state index contributed by atoms with van der Waals surface area (Å²) < 4.78 is 13.5. The summed E-state index contributed by atoms with van der Waals surface area (Å²) in [7, 11) is 0.250. The third-order valence-electron chi connectivity index (χ3n) is 6.15. The zero-order valence-electron chi connectivity index (χ0n) is 18.0. The molecule has 0 spiro atoms. The zero-order valence-corrected chi connectivity index (χ0v) is 19.0. The van der Waals surface area contributed by atoms with E-state index in [0.717, 1.165) is 13.0 Å². The molecule has 4 heteroatoms. The third kappa shape index (κ3) is 4.41. The monoisotopic (exact) mass is 377 g/mol. The first kappa shape index (κ1) is 21.6. The van der Waals surface area contributed by atoms with Gasteiger partial charge in [-0.15, -0.1) is 0 Å². The van der Waals surface area contributed by atoms with Gasteiger partial charge in [0.05, 0.1) is 12.2 Å². The Hall–Kier alpha value is -0.683. The van der Waals surface area contributed by atoms with E-state index in [9.17, 15) is 0 Å². The molecular formula is C22H39NO2Si. The van der Waals surface area contributed by atoms with Gasteiger partial charge < -0.3 is 9.16 Å². The van der Waals surface area contributed by atoms with Crippen LogP contribution in [0.2, 0.25) is 16.6 Å². The lowest BCUT2D eigenvalue weighted by molar-refractivity contribution is -0.171. The summed E-state index contributed by atoms with van der Waals surface area (Å²) >= 11 is 0. The molecule has 0 aliphatic carbocycles. The van der Waals surface area contributed by atoms with Gasteiger partial charge in [-0.3, -0.25) is 4.90 Å². The standard InChI is InChI=1S/C22H39NO2Si/c1-16(2)26(17(3)4,18(5)6)25-19(7)22-23(8)15-14-21(24-22)20-12-10-9-11-13-20/h9-13,16-19,21-22H,14-15H2,1-8H3/t19-,21+,22+/m0/s1. The predicted molar refractivity (Wildman–Crippen MR) is 113 cm³/mol. The second-order valence-corrected chi connectivity index (χ2v) is 14.2. The van der Waals surface area contributed by atoms with Gasteiger partial charge in [-0.2, -0.15) is 0 Å². The van der Waals surface area contributed by atoms with Crippen molar-refractivity contribution in [2.45, 2.75) is 89.9 Å². The van der Waals surface area contributed by atoms with Gasteiger partial charge in [0.2, 0.25) is 8.32 Å². The fourth-order valence-corrected chi connectivity index (χ4v) is 10.5. The predicted octanol–water partition coefficient (Wildman–Crippen LogP) is 5.99. The summed E-state index contributed by atoms with van der Waals surface area (Å²) in [5, 5.41) is 0. The van der Waals surface area contributed by atoms with Gasteiger partial charge in [0.25, 0.3) is 0 Å². The van der Waals surface area contributed by atoms with Crippen molar-refractivity contribution in [3.63, 3.8) is 0 Å². The molecule has 148 valence electrons. The number of likely N-dealkylation sites (N-methyl/N-ethyl adjacent to an activating group) is 1. The quantitative estimate of drug-likeness (QED) is 0.545. The van der Waals surface area contributed by atoms with Crippen LogP contribution in [0, 0.1) is 0 Å². The van der Waals surface area contributed by atoms with Crippen molar-refractivity contribution in [3.8, 4) is 0 Å². The Labute approximate surface area is 162 Å². The molecule has 1 fully saturated rings. The van der Waals surface area contributed by atoms with Crippen molar-refractivity contribution in [1.82, 2.24) is 4.90 Å². The maximum absolute atomic E-state index is 6.99. The van der Waals surface area contributed by atoms with E-state index < -0.39 is 8.32 Å². The Morgan fingerprint density at radius 2 is 1.50 bits per heavy atom. The van der Waals surface area contributed by atoms with Crippen molar-refractivity contribution >= 4 is 8.32 Å². The molecule has 1 aromatic rings. The Morgan fingerprint density at radius 1 is 0.962 bits per heavy atom. The molecule has 1 saturated heterocycles. The summed E-state index contributed by atoms with van der Waals surface area (Å²) in [6, 6.07) is 10.6. The van der Waals surface area contributed by atoms with Gasteiger partial charge in [0.15, 0.2) is 0 Å². The molecular weight excluding hydrogens is 338 g/mol. The molecule has 0 aromatic heterocycles. The van der Waals surface area contributed by atoms with E-state index in [0.29, 0.717) is 16.6 Å². The molecule has 3 nitrogen and oxygen atoms in total. The molecule has 1 aliphatic rings. The molecule has 3 atom stereocenters. The molecule has 0 radical (unpaired) electrons. The maximum atomic E-state index is 6.99. The normalized spacial score (nSPS) is 23.8. The highest BCUT2D eigenvalue weighted by molar-refractivity contribution is 6.77. The lowest BCUT2D eigenvalue weighted by Gasteiger charge is -2.48. The molecule has 0 amide bonds. The highest BCUT2D eigenvalue weighted by atomic mass is 28.4. The van der Waals surface area contributed by atoms with E-state index in [-0.39, 0.29) is 18.4 Å². The van der Waals surface area contributed by atoms with Crippen LogP contribution in [-0.4, -0.2) is 39.1 Å². The average Bonchev–Trinajstić information content (AvgIpc) is 2.59. The van der Waals surface area contributed by atoms with Crippen molar-refractivity contribution in [3.05, 3.63) is 35.9 Å². The second kappa shape index (κ2) is 9.00. The lowest BCUT2D eigenvalue weighted by atomic mass is 10.0. The van der Waals surface area contributed by atoms with Crippen molar-refractivity contribution in [2.75, 3.05) is 13.6 Å². The molecule has 0 unspecified atom stereocenters. The minimum Gasteiger partial charge on any atom is -0.409 e. The topological polar surface area (TPSA) is 21.7 Å². The van der Waals surface area contributed by atoms with Crippen LogP contribution in [-0.2, 0) is 9.16 Å². The number of nitrogens with zero attached hydrogens (tertiary/aromatic N) is 1. The van der Waals surface area contributed by atoms with Crippen LogP contribution in [0.15, 0.2) is 30.3 Å². The summed E-state index contributed by atoms with van der Waals surface area (Å²) in [4.78, 5) is 2.32. The summed E-state index contributed by atoms with van der Waals surface area (Å²) in [6.07, 6.45) is 1.28. The molecule has 1 aromatic carbocycles. The smallest absolute Gasteiger partial charge is 0.200 e. The number of hydrogen-bond acceptors (Lipinski definition) is 3. The lowest BCUT2D eigenvalue weighted by Crippen LogP contribution is -2.56. The number of benzene rings is 1. The molecule has 1 heterocycles. The largest absolute Gasteiger partial charge is 0.409 e. The SMILES string of the molecule is CC(C)[Si](O[C@@H](C)[C@H]1O[C@@H](c2ccccc2)CCN1C)(C(C)C)C(C)C. The molecule has 0 bridgehead atoms. The van der Waals surface area contributed by atoms with Gasteiger partial charge >= 0.3 is 0 Å². The fourth-order valence-electron chi connectivity index (χ4n) is 4.96. The Balaban J connectivity index is 2.19. The van der Waals surface area contributed by atoms with Crippen LogP contribution in [0.4, 0.5) is 0 Å². The summed E-state index contributed by atoms with van der Waals surface area (Å²) in [5.41, 5.74) is 3.04. The van der Waals surface area contributed by atoms with Gasteiger partial charge in [-0.05, 0) is 42.6 Å². The summed E-state index contributed by atoms with van der Waals surface area (Å²) in [6.45, 7) is 17.3. The van der Waals surface area contributed by atoms with Gasteiger partial charge in [0, 0.05) is 6.54 Å². The van der Waals surface area contributed by atoms with E-state index in [2.05, 4.69) is 90.7 Å². The van der Waals surface area contributed by atoms with Crippen LogP contribution in [0.25, 0.3) is 0 Å². The Bertz CT molecular complexity index is 525. The van der Waals surface area contributed by atoms with Crippen molar-refractivity contribution in [2.24, 2.45) is 0 Å². The third-order valence-corrected chi connectivity index (χ3v) is 12.3. The highest BCUT2D eigenvalue weighted by Gasteiger charge is 2.47. The van der Waals surface area contributed by atoms with E-state index in [4.69, 9.17) is 9.16 Å². The minimum atomic E-state index is -1.91. The van der Waals surface area contributed by atoms with Gasteiger partial charge in [-0.1, -0.05) is 71.9 Å². The molecule has 1 aliphatic heterocycles. The molecule has 2 rings (SSSR count). The number of rotatable bonds is 7. The first-order valence-electron chi connectivity index (χ1n) is 10.3. The number of hydrogen-bond donors (Lipinski definition) is 0. The van der Waals surface area contributed by atoms with Gasteiger partial charge in [0.1, 0.15) is 6.23 Å². The Morgan fingerprint density at radius 3 is 2.00 bits per heavy atom. The Kier molecular flexibility index (Phi) is 7.49. The fraction of sp³-hybridized carbons (Fsp3) is 0.727. The number of ether oxygens (including phenoxy) is 1. The minimum absolute atomic E-state index is 0.0112. The van der Waals surface area contributed by atoms with Crippen LogP contribution < -0.4 is 0 Å². The van der Waals surface area contributed by atoms with Crippen LogP contribution in [0.5, 0.6) is 0 Å². The molecule has 0 N–H and O–H groups in total. The maximum Gasteiger partial charge on any atom is 0.200 e. The van der Waals surface area contributed by atoms with Crippen LogP contribution >= 0.6 is 0 Å². The summed E-state index contributed by atoms with van der Waals surface area (Å²) in [5.74, 6) is 0.